The van der Waals surface area contributed by atoms with Crippen molar-refractivity contribution in [3.8, 4) is 5.75 Å². The summed E-state index contributed by atoms with van der Waals surface area (Å²) in [6, 6.07) is 8.30. The summed E-state index contributed by atoms with van der Waals surface area (Å²) in [4.78, 5) is 167. The molecular formula is C66H77F2N15O13S2. The van der Waals surface area contributed by atoms with Gasteiger partial charge in [0.15, 0.2) is 0 Å². The van der Waals surface area contributed by atoms with Crippen LogP contribution in [0.25, 0.3) is 21.8 Å². The third-order valence-corrected chi connectivity index (χ3v) is 18.1. The van der Waals surface area contributed by atoms with Crippen molar-refractivity contribution in [2.45, 2.75) is 125 Å². The number of H-pyrrole nitrogens is 3. The number of carbonyl (C=O) groups is 11. The normalized spacial score (nSPS) is 21.6. The Morgan fingerprint density at radius 3 is 1.72 bits per heavy atom. The molecule has 0 unspecified atom stereocenters. The average Bonchev–Trinajstić information content (AvgIpc) is 1.66. The van der Waals surface area contributed by atoms with Crippen LogP contribution < -0.4 is 59.3 Å². The molecule has 10 amide bonds. The van der Waals surface area contributed by atoms with Crippen molar-refractivity contribution < 1.29 is 71.7 Å². The monoisotopic (exact) mass is 1390 g/mol. The van der Waals surface area contributed by atoms with Gasteiger partial charge in [-0.15, -0.1) is 0 Å². The number of hydrogen-bond donors (Lipinski definition) is 16. The fraction of sp³-hybridized carbons (Fsp3) is 0.364. The fourth-order valence-electron chi connectivity index (χ4n) is 10.8. The number of phenolic OH excluding ortho intramolecular Hbond substituents is 1. The maximum absolute atomic E-state index is 15.0. The zero-order valence-electron chi connectivity index (χ0n) is 53.2. The molecule has 0 saturated heterocycles. The summed E-state index contributed by atoms with van der Waals surface area (Å²) >= 11 is 2.75. The van der Waals surface area contributed by atoms with Crippen molar-refractivity contribution in [2.24, 2.45) is 11.5 Å². The number of carboxylic acid groups (broad SMARTS) is 1. The molecule has 8 rings (SSSR count). The van der Waals surface area contributed by atoms with Crippen LogP contribution >= 0.6 is 23.5 Å². The van der Waals surface area contributed by atoms with E-state index in [9.17, 15) is 71.7 Å². The van der Waals surface area contributed by atoms with Crippen molar-refractivity contribution in [3.63, 3.8) is 0 Å². The van der Waals surface area contributed by atoms with Crippen LogP contribution in [0.15, 0.2) is 110 Å². The molecule has 3 aromatic heterocycles. The number of halogens is 2. The van der Waals surface area contributed by atoms with Crippen molar-refractivity contribution in [1.82, 2.24) is 67.8 Å². The van der Waals surface area contributed by atoms with Crippen LogP contribution in [-0.4, -0.2) is 168 Å². The Kier molecular flexibility index (Phi) is 26.7. The second kappa shape index (κ2) is 35.6. The van der Waals surface area contributed by atoms with E-state index in [1.165, 1.54) is 110 Å². The number of aromatic amines is 3. The summed E-state index contributed by atoms with van der Waals surface area (Å²) in [5.41, 5.74) is 15.3. The summed E-state index contributed by atoms with van der Waals surface area (Å²) in [6.07, 6.45) is 3.89. The van der Waals surface area contributed by atoms with E-state index in [0.29, 0.717) is 64.2 Å². The van der Waals surface area contributed by atoms with Gasteiger partial charge in [0.05, 0.1) is 19.3 Å². The SMILES string of the molecule is C[C@H]1NC(=O)[C@H](Cc2ccc(O)cc2)NC(=O)[C@H](Cc2cnc[nH]2)NC(=O)[C@H](CC(=O)O)NC(=O)[C@H](Cc2c[nH]c3ccc(F)cc23)NC(=O)[C@H](Cc2c[nH]c3ccc(F)cc23)NC(=O)CNC(=O)[C@H](CCCCN)NC(=O)CCSCc2cccc(c2)CSC[C@@H](C(N)=O)NC1=O. The highest BCUT2D eigenvalue weighted by Crippen LogP contribution is 2.25. The second-order valence-electron chi connectivity index (χ2n) is 23.5. The van der Waals surface area contributed by atoms with Crippen LogP contribution in [0.3, 0.4) is 0 Å². The quantitative estimate of drug-likeness (QED) is 0.0643. The summed E-state index contributed by atoms with van der Waals surface area (Å²) in [7, 11) is 0. The smallest absolute Gasteiger partial charge is 0.305 e. The van der Waals surface area contributed by atoms with E-state index in [0.717, 1.165) is 17.2 Å². The Labute approximate surface area is 568 Å². The molecule has 7 aromatic rings. The van der Waals surface area contributed by atoms with E-state index >= 15 is 0 Å². The molecule has 0 fully saturated rings. The maximum atomic E-state index is 15.0. The molecule has 520 valence electrons. The standard InChI is InChI=1S/C66H77F2N15O13S2/c1-35-60(90)83-55(59(70)89)33-98-32-38-6-4-5-37(19-38)31-97-18-16-56(85)77-49(7-2-3-17-69)61(91)74-30-57(86)78-51(21-39-27-72-47-14-10-41(67)23-45(39)47)63(93)80-52(22-40-28-73-48-15-11-42(68)24-46(40)48)64(94)82-54(26-58(87)88)66(96)81-53(25-43-29-71-34-75-43)65(95)79-50(62(92)76-35)20-36-8-12-44(84)13-9-36/h4-6,8-15,19,23-24,27-29,34-35,49-55,72-73,84H,2-3,7,16-18,20-22,25-26,30-33,69H2,1H3,(H2,70,89)(H,71,75)(H,74,91)(H,76,92)(H,77,85)(H,78,86)(H,79,95)(H,80,93)(H,81,96)(H,82,94)(H,83,90)(H,87,88)/t35-,49+,50+,51+,52+,53+,54+,55+/m1/s1. The number of thioether (sulfide) groups is 2. The van der Waals surface area contributed by atoms with Gasteiger partial charge in [-0.3, -0.25) is 52.7 Å². The minimum Gasteiger partial charge on any atom is -0.508 e. The second-order valence-corrected chi connectivity index (χ2v) is 25.6. The zero-order chi connectivity index (χ0) is 70.4. The van der Waals surface area contributed by atoms with Crippen molar-refractivity contribution in [3.05, 3.63) is 155 Å². The lowest BCUT2D eigenvalue weighted by Crippen LogP contribution is -2.61. The van der Waals surface area contributed by atoms with E-state index < -0.39 is 151 Å². The molecule has 0 radical (unpaired) electrons. The number of carboxylic acids is 1. The Hall–Kier alpha value is -10.3. The summed E-state index contributed by atoms with van der Waals surface area (Å²) in [5, 5.41) is 44.0. The number of primary amides is 1. The number of nitrogens with one attached hydrogen (secondary N) is 12. The van der Waals surface area contributed by atoms with Crippen LogP contribution in [0, 0.1) is 11.6 Å². The first kappa shape index (κ1) is 73.5. The highest BCUT2D eigenvalue weighted by atomic mass is 32.2. The molecule has 98 heavy (non-hydrogen) atoms. The number of benzene rings is 4. The molecule has 0 saturated carbocycles. The number of hydrogen-bond acceptors (Lipinski definition) is 16. The van der Waals surface area contributed by atoms with Gasteiger partial charge in [0, 0.05) is 101 Å². The summed E-state index contributed by atoms with van der Waals surface area (Å²) in [5.74, 6) is -11.1. The fourth-order valence-corrected chi connectivity index (χ4v) is 12.7. The number of carbonyl (C=O) groups excluding carboxylic acids is 10. The van der Waals surface area contributed by atoms with E-state index in [1.807, 2.05) is 24.3 Å². The molecule has 32 heteroatoms. The molecule has 2 bridgehead atoms. The third kappa shape index (κ3) is 21.8. The lowest BCUT2D eigenvalue weighted by atomic mass is 10.0. The Bertz CT molecular complexity index is 4010. The molecule has 4 heterocycles. The van der Waals surface area contributed by atoms with Crippen LogP contribution in [0.5, 0.6) is 5.75 Å². The van der Waals surface area contributed by atoms with E-state index in [-0.39, 0.29) is 53.8 Å². The van der Waals surface area contributed by atoms with Crippen molar-refractivity contribution >= 4 is 110 Å². The zero-order valence-corrected chi connectivity index (χ0v) is 54.8. The molecule has 18 N–H and O–H groups in total. The first-order chi connectivity index (χ1) is 47.0. The van der Waals surface area contributed by atoms with Gasteiger partial charge in [0.2, 0.25) is 59.1 Å². The third-order valence-electron chi connectivity index (χ3n) is 15.9. The Morgan fingerprint density at radius 1 is 0.592 bits per heavy atom. The molecule has 4 aromatic carbocycles. The molecule has 1 aliphatic heterocycles. The first-order valence-electron chi connectivity index (χ1n) is 31.4. The van der Waals surface area contributed by atoms with Gasteiger partial charge in [-0.25, -0.2) is 13.8 Å². The van der Waals surface area contributed by atoms with Gasteiger partial charge in [0.25, 0.3) is 0 Å². The van der Waals surface area contributed by atoms with E-state index in [2.05, 4.69) is 67.8 Å². The molecule has 28 nitrogen and oxygen atoms in total. The molecule has 8 atom stereocenters. The number of nitrogens with zero attached hydrogens (tertiary/aromatic N) is 1. The van der Waals surface area contributed by atoms with Gasteiger partial charge < -0.3 is 84.5 Å². The number of imidazole rings is 1. The lowest BCUT2D eigenvalue weighted by molar-refractivity contribution is -0.141. The van der Waals surface area contributed by atoms with Crippen molar-refractivity contribution in [1.29, 1.82) is 0 Å². The van der Waals surface area contributed by atoms with E-state index in [4.69, 9.17) is 11.5 Å². The van der Waals surface area contributed by atoms with Gasteiger partial charge >= 0.3 is 5.97 Å². The molecule has 1 aliphatic rings. The minimum absolute atomic E-state index is 0.00609. The highest BCUT2D eigenvalue weighted by Gasteiger charge is 2.36. The van der Waals surface area contributed by atoms with Crippen molar-refractivity contribution in [2.75, 3.05) is 24.6 Å². The highest BCUT2D eigenvalue weighted by molar-refractivity contribution is 7.98. The van der Waals surface area contributed by atoms with Crippen LogP contribution in [0.2, 0.25) is 0 Å². The number of unbranched alkanes of at least 4 members (excludes halogenated alkanes) is 1. The topological polar surface area (TPSA) is 449 Å². The van der Waals surface area contributed by atoms with E-state index in [1.54, 1.807) is 0 Å². The number of aromatic hydroxyl groups is 1. The first-order valence-corrected chi connectivity index (χ1v) is 33.7. The Balaban J connectivity index is 1.13. The predicted octanol–water partition coefficient (Wildman–Crippen LogP) is 1.30. The van der Waals surface area contributed by atoms with Gasteiger partial charge in [-0.05, 0) is 109 Å². The minimum atomic E-state index is -2.05. The number of phenols is 1. The van der Waals surface area contributed by atoms with Crippen LogP contribution in [0.4, 0.5) is 8.78 Å². The number of amides is 10. The molecule has 0 spiro atoms. The lowest BCUT2D eigenvalue weighted by Gasteiger charge is -2.27. The molecule has 0 aliphatic carbocycles. The number of rotatable bonds is 15. The maximum Gasteiger partial charge on any atom is 0.305 e. The number of nitrogens with two attached hydrogens (primary N) is 2. The number of aromatic nitrogens is 4. The van der Waals surface area contributed by atoms with Crippen LogP contribution in [0.1, 0.15) is 72.5 Å². The largest absolute Gasteiger partial charge is 0.508 e. The summed E-state index contributed by atoms with van der Waals surface area (Å²) in [6.45, 7) is 0.874. The number of aliphatic carboxylic acids is 1. The van der Waals surface area contributed by atoms with Gasteiger partial charge in [-0.2, -0.15) is 23.5 Å². The average molecular weight is 1390 g/mol. The molecular weight excluding hydrogens is 1310 g/mol. The van der Waals surface area contributed by atoms with Crippen LogP contribution in [-0.2, 0) is 89.9 Å². The number of fused-ring (bicyclic) bond motifs is 4. The Morgan fingerprint density at radius 2 is 1.14 bits per heavy atom. The summed E-state index contributed by atoms with van der Waals surface area (Å²) < 4.78 is 29.7. The van der Waals surface area contributed by atoms with Gasteiger partial charge in [0.1, 0.15) is 65.7 Å². The predicted molar refractivity (Wildman–Crippen MR) is 360 cm³/mol. The van der Waals surface area contributed by atoms with Gasteiger partial charge in [-0.1, -0.05) is 36.4 Å².